The highest BCUT2D eigenvalue weighted by atomic mass is 16.6. The Morgan fingerprint density at radius 3 is 2.65 bits per heavy atom. The molecule has 0 aliphatic heterocycles. The molecule has 6 nitrogen and oxygen atoms in total. The Kier molecular flexibility index (Phi) is 2.78. The van der Waals surface area contributed by atoms with E-state index >= 15 is 0 Å². The third-order valence-corrected chi connectivity index (χ3v) is 2.19. The van der Waals surface area contributed by atoms with Crippen molar-refractivity contribution in [1.29, 1.82) is 0 Å². The average Bonchev–Trinajstić information content (AvgIpc) is 2.63. The number of benzene rings is 1. The maximum absolute atomic E-state index is 10.6. The second kappa shape index (κ2) is 4.25. The van der Waals surface area contributed by atoms with E-state index in [1.165, 1.54) is 12.1 Å². The van der Waals surface area contributed by atoms with E-state index in [1.807, 2.05) is 0 Å². The Morgan fingerprint density at radius 2 is 2.12 bits per heavy atom. The summed E-state index contributed by atoms with van der Waals surface area (Å²) in [6, 6.07) is 6.14. The lowest BCUT2D eigenvalue weighted by molar-refractivity contribution is -0.385. The van der Waals surface area contributed by atoms with Crippen molar-refractivity contribution in [2.24, 2.45) is 0 Å². The first-order chi connectivity index (χ1) is 8.06. The van der Waals surface area contributed by atoms with Crippen LogP contribution in [0.3, 0.4) is 0 Å². The SMILES string of the molecule is Cc1cc(Oc2ccc([N+](=O)[O-])c(C)c2)no1. The van der Waals surface area contributed by atoms with Crippen LogP contribution in [0.4, 0.5) is 5.69 Å². The summed E-state index contributed by atoms with van der Waals surface area (Å²) in [6.45, 7) is 3.40. The van der Waals surface area contributed by atoms with Gasteiger partial charge in [0, 0.05) is 17.7 Å². The zero-order valence-electron chi connectivity index (χ0n) is 9.34. The highest BCUT2D eigenvalue weighted by molar-refractivity contribution is 5.45. The molecule has 0 aliphatic carbocycles. The fourth-order valence-corrected chi connectivity index (χ4v) is 1.41. The van der Waals surface area contributed by atoms with Crippen molar-refractivity contribution in [2.75, 3.05) is 0 Å². The molecule has 1 heterocycles. The normalized spacial score (nSPS) is 10.2. The van der Waals surface area contributed by atoms with Crippen LogP contribution in [0.2, 0.25) is 0 Å². The quantitative estimate of drug-likeness (QED) is 0.602. The fourth-order valence-electron chi connectivity index (χ4n) is 1.41. The van der Waals surface area contributed by atoms with Crippen LogP contribution in [0.15, 0.2) is 28.8 Å². The molecule has 0 radical (unpaired) electrons. The molecule has 2 rings (SSSR count). The summed E-state index contributed by atoms with van der Waals surface area (Å²) < 4.78 is 10.2. The summed E-state index contributed by atoms with van der Waals surface area (Å²) >= 11 is 0. The highest BCUT2D eigenvalue weighted by Crippen LogP contribution is 2.26. The van der Waals surface area contributed by atoms with Gasteiger partial charge in [-0.1, -0.05) is 0 Å². The van der Waals surface area contributed by atoms with Crippen LogP contribution in [-0.2, 0) is 0 Å². The first kappa shape index (κ1) is 11.1. The van der Waals surface area contributed by atoms with Crippen LogP contribution in [0, 0.1) is 24.0 Å². The molecule has 0 aliphatic rings. The minimum Gasteiger partial charge on any atom is -0.436 e. The predicted molar refractivity (Wildman–Crippen MR) is 59.1 cm³/mol. The molecular formula is C11H10N2O4. The monoisotopic (exact) mass is 234 g/mol. The molecule has 0 N–H and O–H groups in total. The van der Waals surface area contributed by atoms with Gasteiger partial charge in [0.05, 0.1) is 4.92 Å². The third-order valence-electron chi connectivity index (χ3n) is 2.19. The molecule has 0 unspecified atom stereocenters. The number of hydrogen-bond donors (Lipinski definition) is 0. The van der Waals surface area contributed by atoms with Crippen molar-refractivity contribution in [3.05, 3.63) is 45.7 Å². The summed E-state index contributed by atoms with van der Waals surface area (Å²) in [4.78, 5) is 10.2. The van der Waals surface area contributed by atoms with Crippen LogP contribution in [0.25, 0.3) is 0 Å². The van der Waals surface area contributed by atoms with Crippen molar-refractivity contribution in [3.8, 4) is 11.6 Å². The van der Waals surface area contributed by atoms with E-state index in [1.54, 1.807) is 26.0 Å². The van der Waals surface area contributed by atoms with Crippen LogP contribution in [0.5, 0.6) is 11.6 Å². The Morgan fingerprint density at radius 1 is 1.35 bits per heavy atom. The number of nitro benzene ring substituents is 1. The van der Waals surface area contributed by atoms with Gasteiger partial charge in [-0.05, 0) is 31.1 Å². The topological polar surface area (TPSA) is 78.4 Å². The highest BCUT2D eigenvalue weighted by Gasteiger charge is 2.11. The number of aryl methyl sites for hydroxylation is 2. The van der Waals surface area contributed by atoms with Gasteiger partial charge >= 0.3 is 0 Å². The van der Waals surface area contributed by atoms with E-state index < -0.39 is 4.92 Å². The van der Waals surface area contributed by atoms with Gasteiger partial charge in [0.2, 0.25) is 0 Å². The third kappa shape index (κ3) is 2.41. The average molecular weight is 234 g/mol. The fraction of sp³-hybridized carbons (Fsp3) is 0.182. The van der Waals surface area contributed by atoms with Crippen molar-refractivity contribution in [2.45, 2.75) is 13.8 Å². The van der Waals surface area contributed by atoms with E-state index in [0.717, 1.165) is 0 Å². The molecule has 6 heteroatoms. The van der Waals surface area contributed by atoms with Gasteiger partial charge in [0.25, 0.3) is 11.6 Å². The number of aromatic nitrogens is 1. The molecule has 1 aromatic carbocycles. The smallest absolute Gasteiger partial charge is 0.272 e. The Labute approximate surface area is 97.0 Å². The van der Waals surface area contributed by atoms with Crippen LogP contribution in [-0.4, -0.2) is 10.1 Å². The molecule has 17 heavy (non-hydrogen) atoms. The van der Waals surface area contributed by atoms with Gasteiger partial charge in [-0.2, -0.15) is 0 Å². The summed E-state index contributed by atoms with van der Waals surface area (Å²) in [5, 5.41) is 14.3. The summed E-state index contributed by atoms with van der Waals surface area (Å²) in [6.07, 6.45) is 0. The lowest BCUT2D eigenvalue weighted by atomic mass is 10.2. The minimum atomic E-state index is -0.431. The molecule has 0 bridgehead atoms. The predicted octanol–water partition coefficient (Wildman–Crippen LogP) is 2.99. The Bertz CT molecular complexity index is 562. The number of nitrogens with zero attached hydrogens (tertiary/aromatic N) is 2. The largest absolute Gasteiger partial charge is 0.436 e. The Hall–Kier alpha value is -2.37. The molecule has 0 saturated carbocycles. The molecule has 88 valence electrons. The van der Waals surface area contributed by atoms with Crippen molar-refractivity contribution >= 4 is 5.69 Å². The zero-order valence-corrected chi connectivity index (χ0v) is 9.34. The standard InChI is InChI=1S/C11H10N2O4/c1-7-5-9(3-4-10(7)13(14)15)16-11-6-8(2)17-12-11/h3-6H,1-2H3. The van der Waals surface area contributed by atoms with Crippen molar-refractivity contribution in [1.82, 2.24) is 5.16 Å². The van der Waals surface area contributed by atoms with E-state index in [4.69, 9.17) is 9.26 Å². The number of nitro groups is 1. The Balaban J connectivity index is 2.23. The van der Waals surface area contributed by atoms with Gasteiger partial charge in [-0.25, -0.2) is 0 Å². The van der Waals surface area contributed by atoms with Crippen molar-refractivity contribution < 1.29 is 14.2 Å². The van der Waals surface area contributed by atoms with E-state index in [0.29, 0.717) is 23.0 Å². The molecule has 0 spiro atoms. The molecule has 0 atom stereocenters. The molecular weight excluding hydrogens is 224 g/mol. The first-order valence-electron chi connectivity index (χ1n) is 4.92. The van der Waals surface area contributed by atoms with Gasteiger partial charge in [-0.3, -0.25) is 10.1 Å². The summed E-state index contributed by atoms with van der Waals surface area (Å²) in [7, 11) is 0. The molecule has 0 fully saturated rings. The van der Waals surface area contributed by atoms with E-state index in [9.17, 15) is 10.1 Å². The maximum Gasteiger partial charge on any atom is 0.272 e. The molecule has 1 aromatic heterocycles. The van der Waals surface area contributed by atoms with Crippen molar-refractivity contribution in [3.63, 3.8) is 0 Å². The van der Waals surface area contributed by atoms with Gasteiger partial charge < -0.3 is 9.26 Å². The van der Waals surface area contributed by atoms with Gasteiger partial charge in [0.15, 0.2) is 0 Å². The molecule has 2 aromatic rings. The van der Waals surface area contributed by atoms with Crippen LogP contribution < -0.4 is 4.74 Å². The van der Waals surface area contributed by atoms with E-state index in [-0.39, 0.29) is 5.69 Å². The molecule has 0 saturated heterocycles. The van der Waals surface area contributed by atoms with Crippen LogP contribution in [0.1, 0.15) is 11.3 Å². The number of ether oxygens (including phenoxy) is 1. The van der Waals surface area contributed by atoms with Gasteiger partial charge in [0.1, 0.15) is 11.5 Å². The minimum absolute atomic E-state index is 0.0636. The zero-order chi connectivity index (χ0) is 12.4. The van der Waals surface area contributed by atoms with E-state index in [2.05, 4.69) is 5.16 Å². The second-order valence-corrected chi connectivity index (χ2v) is 3.58. The number of rotatable bonds is 3. The summed E-state index contributed by atoms with van der Waals surface area (Å²) in [5.41, 5.74) is 0.599. The summed E-state index contributed by atoms with van der Waals surface area (Å²) in [5.74, 6) is 1.45. The lowest BCUT2D eigenvalue weighted by Gasteiger charge is -2.02. The maximum atomic E-state index is 10.6. The second-order valence-electron chi connectivity index (χ2n) is 3.58. The number of hydrogen-bond acceptors (Lipinski definition) is 5. The van der Waals surface area contributed by atoms with Gasteiger partial charge in [-0.15, -0.1) is 0 Å². The lowest BCUT2D eigenvalue weighted by Crippen LogP contribution is -1.92. The van der Waals surface area contributed by atoms with Crippen LogP contribution >= 0.6 is 0 Å². The first-order valence-corrected chi connectivity index (χ1v) is 4.92. The molecule has 0 amide bonds.